The van der Waals surface area contributed by atoms with E-state index in [0.717, 1.165) is 21.9 Å². The molecule has 0 aromatic heterocycles. The molecule has 7 heteroatoms. The first kappa shape index (κ1) is 21.9. The van der Waals surface area contributed by atoms with Crippen molar-refractivity contribution < 1.29 is 13.2 Å². The van der Waals surface area contributed by atoms with Crippen molar-refractivity contribution in [3.8, 4) is 0 Å². The number of halogens is 1. The summed E-state index contributed by atoms with van der Waals surface area (Å²) in [5.41, 5.74) is 2.52. The number of carbonyl (C=O) groups excluding carboxylic acids is 1. The normalized spacial score (nSPS) is 11.3. The molecule has 0 saturated carbocycles. The second-order valence-electron chi connectivity index (χ2n) is 7.44. The Labute approximate surface area is 192 Å². The number of carbonyl (C=O) groups is 1. The van der Waals surface area contributed by atoms with Gasteiger partial charge in [0.25, 0.3) is 15.9 Å². The third-order valence-corrected chi connectivity index (χ3v) is 6.94. The highest BCUT2D eigenvalue weighted by atomic mass is 35.5. The van der Waals surface area contributed by atoms with E-state index in [1.807, 2.05) is 55.5 Å². The number of sulfonamides is 1. The van der Waals surface area contributed by atoms with Crippen LogP contribution in [0.3, 0.4) is 0 Å². The van der Waals surface area contributed by atoms with Gasteiger partial charge in [0.1, 0.15) is 4.90 Å². The summed E-state index contributed by atoms with van der Waals surface area (Å²) < 4.78 is 28.3. The minimum atomic E-state index is -3.97. The maximum absolute atomic E-state index is 12.9. The molecule has 1 amide bonds. The van der Waals surface area contributed by atoms with Gasteiger partial charge >= 0.3 is 0 Å². The Balaban J connectivity index is 1.55. The van der Waals surface area contributed by atoms with E-state index >= 15 is 0 Å². The number of rotatable bonds is 6. The fraction of sp³-hybridized carbons (Fsp3) is 0.0800. The smallest absolute Gasteiger partial charge is 0.263 e. The van der Waals surface area contributed by atoms with E-state index in [9.17, 15) is 13.2 Å². The van der Waals surface area contributed by atoms with Gasteiger partial charge in [0.05, 0.1) is 5.02 Å². The molecule has 0 bridgehead atoms. The van der Waals surface area contributed by atoms with Crippen LogP contribution in [0.1, 0.15) is 21.5 Å². The minimum absolute atomic E-state index is 0.0377. The molecule has 4 aromatic rings. The Morgan fingerprint density at radius 3 is 2.47 bits per heavy atom. The summed E-state index contributed by atoms with van der Waals surface area (Å²) in [6.45, 7) is 2.18. The number of fused-ring (bicyclic) bond motifs is 1. The van der Waals surface area contributed by atoms with Gasteiger partial charge in [0.15, 0.2) is 0 Å². The molecule has 0 aliphatic heterocycles. The number of benzene rings is 4. The molecule has 0 spiro atoms. The van der Waals surface area contributed by atoms with Gasteiger partial charge in [0.2, 0.25) is 0 Å². The van der Waals surface area contributed by atoms with Crippen molar-refractivity contribution >= 4 is 44.0 Å². The lowest BCUT2D eigenvalue weighted by Gasteiger charge is -2.12. The van der Waals surface area contributed by atoms with Crippen molar-refractivity contribution in [3.63, 3.8) is 0 Å². The monoisotopic (exact) mass is 464 g/mol. The summed E-state index contributed by atoms with van der Waals surface area (Å²) in [6.07, 6.45) is 0. The molecule has 0 aliphatic rings. The second kappa shape index (κ2) is 9.02. The topological polar surface area (TPSA) is 75.3 Å². The fourth-order valence-electron chi connectivity index (χ4n) is 3.49. The zero-order valence-electron chi connectivity index (χ0n) is 17.3. The first-order valence-electron chi connectivity index (χ1n) is 9.97. The van der Waals surface area contributed by atoms with Crippen molar-refractivity contribution in [2.75, 3.05) is 4.72 Å². The van der Waals surface area contributed by atoms with E-state index < -0.39 is 10.0 Å². The van der Waals surface area contributed by atoms with Crippen LogP contribution >= 0.6 is 11.6 Å². The number of amides is 1. The first-order valence-corrected chi connectivity index (χ1v) is 11.8. The largest absolute Gasteiger partial charge is 0.348 e. The Kier molecular flexibility index (Phi) is 6.17. The molecule has 4 rings (SSSR count). The molecule has 0 heterocycles. The van der Waals surface area contributed by atoms with Crippen molar-refractivity contribution in [2.24, 2.45) is 0 Å². The lowest BCUT2D eigenvalue weighted by molar-refractivity contribution is 0.0951. The van der Waals surface area contributed by atoms with Gasteiger partial charge in [-0.2, -0.15) is 0 Å². The summed E-state index contributed by atoms with van der Waals surface area (Å²) in [6, 6.07) is 25.0. The zero-order valence-corrected chi connectivity index (χ0v) is 18.9. The van der Waals surface area contributed by atoms with Crippen LogP contribution < -0.4 is 10.0 Å². The quantitative estimate of drug-likeness (QED) is 0.393. The van der Waals surface area contributed by atoms with Gasteiger partial charge in [-0.05, 0) is 59.2 Å². The molecule has 0 atom stereocenters. The molecule has 2 N–H and O–H groups in total. The zero-order chi connectivity index (χ0) is 22.7. The van der Waals surface area contributed by atoms with Crippen molar-refractivity contribution in [1.82, 2.24) is 5.32 Å². The molecular formula is C25H21ClN2O3S. The van der Waals surface area contributed by atoms with Crippen LogP contribution in [-0.2, 0) is 16.6 Å². The highest BCUT2D eigenvalue weighted by molar-refractivity contribution is 7.92. The van der Waals surface area contributed by atoms with Crippen LogP contribution in [0.25, 0.3) is 10.8 Å². The van der Waals surface area contributed by atoms with Gasteiger partial charge < -0.3 is 5.32 Å². The maximum atomic E-state index is 12.9. The molecule has 0 unspecified atom stereocenters. The number of nitrogens with one attached hydrogen (secondary N) is 2. The maximum Gasteiger partial charge on any atom is 0.263 e. The number of hydrogen-bond acceptors (Lipinski definition) is 3. The van der Waals surface area contributed by atoms with Gasteiger partial charge in [-0.1, -0.05) is 66.2 Å². The Bertz CT molecular complexity index is 1410. The van der Waals surface area contributed by atoms with Crippen LogP contribution in [0, 0.1) is 6.92 Å². The Hall–Kier alpha value is -3.35. The van der Waals surface area contributed by atoms with E-state index in [1.54, 1.807) is 18.2 Å². The van der Waals surface area contributed by atoms with Crippen LogP contribution in [0.4, 0.5) is 5.69 Å². The predicted molar refractivity (Wildman–Crippen MR) is 129 cm³/mol. The summed E-state index contributed by atoms with van der Waals surface area (Å²) in [7, 11) is -3.97. The lowest BCUT2D eigenvalue weighted by Crippen LogP contribution is -2.23. The third-order valence-electron chi connectivity index (χ3n) is 5.07. The molecule has 0 aliphatic carbocycles. The summed E-state index contributed by atoms with van der Waals surface area (Å²) in [5.74, 6) is -0.387. The molecule has 162 valence electrons. The second-order valence-corrected chi connectivity index (χ2v) is 9.50. The van der Waals surface area contributed by atoms with Crippen molar-refractivity contribution in [2.45, 2.75) is 18.4 Å². The summed E-state index contributed by atoms with van der Waals surface area (Å²) >= 11 is 6.17. The average Bonchev–Trinajstić information content (AvgIpc) is 2.77. The fourth-order valence-corrected chi connectivity index (χ4v) is 5.07. The van der Waals surface area contributed by atoms with Gasteiger partial charge in [-0.3, -0.25) is 9.52 Å². The molecule has 0 saturated heterocycles. The molecule has 32 heavy (non-hydrogen) atoms. The van der Waals surface area contributed by atoms with Crippen LogP contribution in [0.5, 0.6) is 0 Å². The summed E-state index contributed by atoms with van der Waals surface area (Å²) in [5, 5.41) is 5.04. The summed E-state index contributed by atoms with van der Waals surface area (Å²) in [4.78, 5) is 12.6. The van der Waals surface area contributed by atoms with E-state index in [2.05, 4.69) is 10.0 Å². The molecule has 4 aromatic carbocycles. The van der Waals surface area contributed by atoms with Crippen molar-refractivity contribution in [3.05, 3.63) is 107 Å². The third kappa shape index (κ3) is 4.77. The Morgan fingerprint density at radius 2 is 1.66 bits per heavy atom. The van der Waals surface area contributed by atoms with Gasteiger partial charge in [-0.15, -0.1) is 0 Å². The molecular weight excluding hydrogens is 444 g/mol. The highest BCUT2D eigenvalue weighted by Crippen LogP contribution is 2.26. The highest BCUT2D eigenvalue weighted by Gasteiger charge is 2.20. The lowest BCUT2D eigenvalue weighted by atomic mass is 10.0. The van der Waals surface area contributed by atoms with E-state index in [-0.39, 0.29) is 21.4 Å². The first-order chi connectivity index (χ1) is 15.3. The van der Waals surface area contributed by atoms with Gasteiger partial charge in [-0.25, -0.2) is 8.42 Å². The number of aryl methyl sites for hydroxylation is 1. The predicted octanol–water partition coefficient (Wildman–Crippen LogP) is 5.53. The van der Waals surface area contributed by atoms with E-state index in [1.165, 1.54) is 18.2 Å². The number of hydrogen-bond donors (Lipinski definition) is 2. The minimum Gasteiger partial charge on any atom is -0.348 e. The molecule has 0 radical (unpaired) electrons. The average molecular weight is 465 g/mol. The Morgan fingerprint density at radius 1 is 0.906 bits per heavy atom. The molecule has 5 nitrogen and oxygen atoms in total. The van der Waals surface area contributed by atoms with Crippen molar-refractivity contribution in [1.29, 1.82) is 0 Å². The van der Waals surface area contributed by atoms with Crippen LogP contribution in [-0.4, -0.2) is 14.3 Å². The van der Waals surface area contributed by atoms with Gasteiger partial charge in [0, 0.05) is 17.8 Å². The standard InChI is InChI=1S/C25H21ClN2O3S/c1-17-6-4-10-21(14-17)28-32(30,31)24-15-19(12-13-23(24)26)25(29)27-16-20-9-5-8-18-7-2-3-11-22(18)20/h2-15,28H,16H2,1H3,(H,27,29). The van der Waals surface area contributed by atoms with Crippen LogP contribution in [0.15, 0.2) is 89.8 Å². The van der Waals surface area contributed by atoms with E-state index in [0.29, 0.717) is 12.2 Å². The van der Waals surface area contributed by atoms with E-state index in [4.69, 9.17) is 11.6 Å². The van der Waals surface area contributed by atoms with Crippen LogP contribution in [0.2, 0.25) is 5.02 Å². The number of anilines is 1. The molecule has 0 fully saturated rings. The SMILES string of the molecule is Cc1cccc(NS(=O)(=O)c2cc(C(=O)NCc3cccc4ccccc34)ccc2Cl)c1.